The van der Waals surface area contributed by atoms with Gasteiger partial charge < -0.3 is 4.55 Å². The van der Waals surface area contributed by atoms with Crippen LogP contribution in [0, 0.1) is 5.92 Å². The maximum Gasteiger partial charge on any atom is 0.460 e. The van der Waals surface area contributed by atoms with E-state index in [4.69, 9.17) is 0 Å². The van der Waals surface area contributed by atoms with Gasteiger partial charge in [-0.05, 0) is 37.6 Å². The molecular weight excluding hydrogens is 691 g/mol. The zero-order valence-electron chi connectivity index (χ0n) is 21.6. The minimum absolute atomic E-state index is 0.380. The van der Waals surface area contributed by atoms with E-state index in [9.17, 15) is 92.4 Å². The number of rotatable bonds is 12. The van der Waals surface area contributed by atoms with Crippen molar-refractivity contribution in [3.8, 4) is 0 Å². The summed E-state index contributed by atoms with van der Waals surface area (Å²) in [5.41, 5.74) is 0. The van der Waals surface area contributed by atoms with Crippen LogP contribution in [0.15, 0.2) is 0 Å². The van der Waals surface area contributed by atoms with Crippen molar-refractivity contribution in [3.63, 3.8) is 0 Å². The van der Waals surface area contributed by atoms with E-state index in [0.717, 1.165) is 5.75 Å². The lowest BCUT2D eigenvalue weighted by molar-refractivity contribution is -0.458. The van der Waals surface area contributed by atoms with Crippen LogP contribution in [-0.4, -0.2) is 83.0 Å². The first-order valence-electron chi connectivity index (χ1n) is 11.6. The third-order valence-corrected chi connectivity index (χ3v) is 9.44. The Morgan fingerprint density at radius 1 is 0.628 bits per heavy atom. The van der Waals surface area contributed by atoms with Gasteiger partial charge in [0.05, 0.1) is 0 Å². The summed E-state index contributed by atoms with van der Waals surface area (Å²) < 4.78 is 244. The molecule has 0 aromatic rings. The highest BCUT2D eigenvalue weighted by molar-refractivity contribution is 7.97. The maximum atomic E-state index is 13.0. The summed E-state index contributed by atoms with van der Waals surface area (Å²) in [6, 6.07) is 0. The van der Waals surface area contributed by atoms with E-state index >= 15 is 0 Å². The molecule has 0 aromatic carbocycles. The van der Waals surface area contributed by atoms with Crippen molar-refractivity contribution in [2.24, 2.45) is 5.92 Å². The molecule has 0 bridgehead atoms. The van der Waals surface area contributed by atoms with Gasteiger partial charge in [0.15, 0.2) is 21.7 Å². The van der Waals surface area contributed by atoms with Crippen LogP contribution < -0.4 is 0 Å². The Balaban J connectivity index is 0.00000104. The average molecular weight is 715 g/mol. The summed E-state index contributed by atoms with van der Waals surface area (Å²) in [4.78, 5) is 11.9. The lowest BCUT2D eigenvalue weighted by Crippen LogP contribution is -2.75. The standard InChI is InChI=1S/C12H23OS.C8HF17O3S/c1-3-14(4-2)10-12(13)11-8-6-5-7-9-11;9-1(10,3(13,14)5(17,18)7(21,22)23)2(11,12)4(15,16)6(19,20)8(24,25)29(26,27)28/h11H,3-10H2,1-2H3;(H,26,27,28)/q+1;/p-1. The van der Waals surface area contributed by atoms with Crippen molar-refractivity contribution in [2.75, 3.05) is 17.3 Å². The van der Waals surface area contributed by atoms with Crippen LogP contribution in [-0.2, 0) is 25.8 Å². The van der Waals surface area contributed by atoms with Crippen molar-refractivity contribution in [3.05, 3.63) is 0 Å². The number of alkyl halides is 17. The summed E-state index contributed by atoms with van der Waals surface area (Å²) in [5, 5.41) is -7.95. The molecule has 0 saturated heterocycles. The molecule has 1 rings (SSSR count). The molecule has 0 aliphatic heterocycles. The van der Waals surface area contributed by atoms with Crippen LogP contribution in [0.5, 0.6) is 0 Å². The summed E-state index contributed by atoms with van der Waals surface area (Å²) in [6.07, 6.45) is -1.65. The van der Waals surface area contributed by atoms with Gasteiger partial charge in [0, 0.05) is 5.92 Å². The van der Waals surface area contributed by atoms with Gasteiger partial charge in [0.1, 0.15) is 11.5 Å². The van der Waals surface area contributed by atoms with Crippen molar-refractivity contribution in [2.45, 2.75) is 92.9 Å². The van der Waals surface area contributed by atoms with Crippen LogP contribution in [0.4, 0.5) is 74.6 Å². The smallest absolute Gasteiger partial charge is 0.460 e. The molecule has 0 aromatic heterocycles. The van der Waals surface area contributed by atoms with Gasteiger partial charge >= 0.3 is 47.0 Å². The molecule has 0 heterocycles. The number of carbonyl (C=O) groups excluding carboxylic acids is 1. The number of hydrogen-bond donors (Lipinski definition) is 0. The molecule has 4 nitrogen and oxygen atoms in total. The minimum Gasteiger partial charge on any atom is -0.743 e. The lowest BCUT2D eigenvalue weighted by Gasteiger charge is -2.42. The molecule has 23 heteroatoms. The lowest BCUT2D eigenvalue weighted by atomic mass is 9.87. The van der Waals surface area contributed by atoms with Gasteiger partial charge in [-0.2, -0.15) is 74.6 Å². The molecule has 258 valence electrons. The van der Waals surface area contributed by atoms with E-state index in [-0.39, 0.29) is 0 Å². The Kier molecular flexibility index (Phi) is 12.8. The Morgan fingerprint density at radius 3 is 1.26 bits per heavy atom. The number of halogens is 17. The van der Waals surface area contributed by atoms with Crippen molar-refractivity contribution in [1.29, 1.82) is 0 Å². The average Bonchev–Trinajstić information content (AvgIpc) is 2.85. The first-order chi connectivity index (χ1) is 18.8. The second kappa shape index (κ2) is 13.2. The monoisotopic (exact) mass is 714 g/mol. The Labute approximate surface area is 235 Å². The van der Waals surface area contributed by atoms with Crippen LogP contribution in [0.25, 0.3) is 0 Å². The van der Waals surface area contributed by atoms with Gasteiger partial charge in [0.2, 0.25) is 0 Å². The van der Waals surface area contributed by atoms with Gasteiger partial charge in [-0.15, -0.1) is 0 Å². The fraction of sp³-hybridized carbons (Fsp3) is 0.950. The number of hydrogen-bond acceptors (Lipinski definition) is 4. The number of carbonyl (C=O) groups is 1. The summed E-state index contributed by atoms with van der Waals surface area (Å²) in [5.74, 6) is -47.9. The molecule has 0 spiro atoms. The van der Waals surface area contributed by atoms with Gasteiger partial charge in [-0.25, -0.2) is 8.42 Å². The molecule has 1 aliphatic carbocycles. The van der Waals surface area contributed by atoms with E-state index < -0.39 is 57.1 Å². The third kappa shape index (κ3) is 7.43. The molecule has 1 saturated carbocycles. The van der Waals surface area contributed by atoms with Crippen molar-refractivity contribution >= 4 is 26.8 Å². The van der Waals surface area contributed by atoms with E-state index in [2.05, 4.69) is 13.8 Å². The van der Waals surface area contributed by atoms with Crippen LogP contribution in [0.1, 0.15) is 46.0 Å². The summed E-state index contributed by atoms with van der Waals surface area (Å²) >= 11 is 0. The first-order valence-corrected chi connectivity index (χ1v) is 14.8. The van der Waals surface area contributed by atoms with E-state index in [1.807, 2.05) is 0 Å². The van der Waals surface area contributed by atoms with Gasteiger partial charge in [-0.3, -0.25) is 4.79 Å². The van der Waals surface area contributed by atoms with Crippen LogP contribution in [0.2, 0.25) is 0 Å². The highest BCUT2D eigenvalue weighted by Crippen LogP contribution is 2.64. The molecule has 0 unspecified atom stereocenters. The summed E-state index contributed by atoms with van der Waals surface area (Å²) in [6.45, 7) is 4.42. The molecule has 1 fully saturated rings. The van der Waals surface area contributed by atoms with Crippen LogP contribution in [0.3, 0.4) is 0 Å². The number of ketones is 1. The zero-order valence-corrected chi connectivity index (χ0v) is 23.2. The quantitative estimate of drug-likeness (QED) is 0.121. The van der Waals surface area contributed by atoms with Crippen molar-refractivity contribution < 1.29 is 92.4 Å². The fourth-order valence-corrected chi connectivity index (χ4v) is 5.36. The normalized spacial score (nSPS) is 17.5. The second-order valence-corrected chi connectivity index (χ2v) is 13.1. The Morgan fingerprint density at radius 2 is 0.953 bits per heavy atom. The predicted molar refractivity (Wildman–Crippen MR) is 115 cm³/mol. The molecule has 0 radical (unpaired) electrons. The predicted octanol–water partition coefficient (Wildman–Crippen LogP) is 7.29. The zero-order chi connectivity index (χ0) is 34.9. The molecule has 0 atom stereocenters. The van der Waals surface area contributed by atoms with E-state index in [0.29, 0.717) is 22.6 Å². The molecule has 0 amide bonds. The van der Waals surface area contributed by atoms with Crippen molar-refractivity contribution in [1.82, 2.24) is 0 Å². The number of Topliss-reactive ketones (excluding diaryl/α,β-unsaturated/α-hetero) is 1. The maximum absolute atomic E-state index is 13.0. The largest absolute Gasteiger partial charge is 0.743 e. The minimum atomic E-state index is -8.92. The fourth-order valence-electron chi connectivity index (χ4n) is 3.46. The Bertz CT molecular complexity index is 1050. The van der Waals surface area contributed by atoms with E-state index in [1.54, 1.807) is 0 Å². The molecule has 1 aliphatic rings. The van der Waals surface area contributed by atoms with Gasteiger partial charge in [-0.1, -0.05) is 19.3 Å². The summed E-state index contributed by atoms with van der Waals surface area (Å²) in [7, 11) is -7.76. The molecule has 0 N–H and O–H groups in total. The first kappa shape index (κ1) is 41.7. The second-order valence-electron chi connectivity index (χ2n) is 9.05. The third-order valence-electron chi connectivity index (χ3n) is 6.23. The van der Waals surface area contributed by atoms with E-state index in [1.165, 1.54) is 43.6 Å². The van der Waals surface area contributed by atoms with Crippen LogP contribution >= 0.6 is 0 Å². The topological polar surface area (TPSA) is 74.3 Å². The SMILES string of the molecule is CC[S+](CC)CC(=O)C1CCCCC1.O=S(=O)([O-])C(F)(F)C(F)(F)C(F)(F)C(F)(F)C(F)(F)C(F)(F)C(F)(F)C(F)(F)F. The molecule has 43 heavy (non-hydrogen) atoms. The van der Waals surface area contributed by atoms with Gasteiger partial charge in [0.25, 0.3) is 0 Å². The Hall–Kier alpha value is -1.26. The highest BCUT2D eigenvalue weighted by atomic mass is 32.2. The molecular formula is C20H23F17O4S2. The highest BCUT2D eigenvalue weighted by Gasteiger charge is 2.95.